The van der Waals surface area contributed by atoms with Crippen LogP contribution in [0, 0.1) is 0 Å². The van der Waals surface area contributed by atoms with Gasteiger partial charge in [-0.15, -0.1) is 0 Å². The second-order valence-corrected chi connectivity index (χ2v) is 7.73. The fraction of sp³-hybridized carbons (Fsp3) is 0.913. The first-order valence-corrected chi connectivity index (χ1v) is 11.5. The summed E-state index contributed by atoms with van der Waals surface area (Å²) in [5, 5.41) is 0. The third-order valence-electron chi connectivity index (χ3n) is 4.42. The number of carbonyl (C=O) groups is 2. The van der Waals surface area contributed by atoms with Crippen LogP contribution in [-0.2, 0) is 28.5 Å². The molecule has 0 N–H and O–H groups in total. The van der Waals surface area contributed by atoms with Gasteiger partial charge >= 0.3 is 11.9 Å². The molecule has 0 aromatic heterocycles. The molecule has 0 aromatic rings. The normalized spacial score (nSPS) is 13.1. The van der Waals surface area contributed by atoms with Crippen LogP contribution in [0.1, 0.15) is 98.3 Å². The summed E-state index contributed by atoms with van der Waals surface area (Å²) in [6, 6.07) is 0. The summed E-state index contributed by atoms with van der Waals surface area (Å²) in [6.45, 7) is 10.3. The Bertz CT molecular complexity index is 363. The lowest BCUT2D eigenvalue weighted by molar-refractivity contribution is -0.152. The van der Waals surface area contributed by atoms with Crippen LogP contribution in [0.2, 0.25) is 0 Å². The molecular formula is C23H44O6. The fourth-order valence-corrected chi connectivity index (χ4v) is 2.70. The number of rotatable bonds is 20. The zero-order valence-corrected chi connectivity index (χ0v) is 19.2. The first-order valence-electron chi connectivity index (χ1n) is 11.5. The Balaban J connectivity index is 3.50. The molecule has 0 fully saturated rings. The molecule has 2 unspecified atom stereocenters. The topological polar surface area (TPSA) is 71.1 Å². The van der Waals surface area contributed by atoms with Gasteiger partial charge in [-0.25, -0.2) is 0 Å². The van der Waals surface area contributed by atoms with Crippen LogP contribution in [-0.4, -0.2) is 50.6 Å². The predicted octanol–water partition coefficient (Wildman–Crippen LogP) is 5.21. The lowest BCUT2D eigenvalue weighted by Crippen LogP contribution is -2.20. The average molecular weight is 417 g/mol. The fourth-order valence-electron chi connectivity index (χ4n) is 2.70. The standard InChI is InChI=1S/C23H44O6/c1-5-7-16-26-18-20(3)28-22(24)14-12-10-9-11-13-15-23(25)29-21(4)19-27-17-8-6-2/h20-21H,5-19H2,1-4H3. The largest absolute Gasteiger partial charge is 0.460 e. The molecule has 0 spiro atoms. The van der Waals surface area contributed by atoms with E-state index < -0.39 is 0 Å². The monoisotopic (exact) mass is 416 g/mol. The Hall–Kier alpha value is -1.14. The molecule has 6 nitrogen and oxygen atoms in total. The number of hydrogen-bond donors (Lipinski definition) is 0. The lowest BCUT2D eigenvalue weighted by Gasteiger charge is -2.14. The van der Waals surface area contributed by atoms with Crippen LogP contribution in [0.5, 0.6) is 0 Å². The molecule has 0 aliphatic rings. The van der Waals surface area contributed by atoms with Crippen molar-refractivity contribution >= 4 is 11.9 Å². The highest BCUT2D eigenvalue weighted by molar-refractivity contribution is 5.69. The van der Waals surface area contributed by atoms with Gasteiger partial charge in [0.05, 0.1) is 13.2 Å². The number of ether oxygens (including phenoxy) is 4. The Labute approximate surface area is 178 Å². The third-order valence-corrected chi connectivity index (χ3v) is 4.42. The molecule has 29 heavy (non-hydrogen) atoms. The first-order chi connectivity index (χ1) is 14.0. The van der Waals surface area contributed by atoms with Crippen molar-refractivity contribution in [2.45, 2.75) is 111 Å². The van der Waals surface area contributed by atoms with Crippen molar-refractivity contribution in [3.8, 4) is 0 Å². The third kappa shape index (κ3) is 19.9. The van der Waals surface area contributed by atoms with E-state index in [1.165, 1.54) is 0 Å². The van der Waals surface area contributed by atoms with Crippen LogP contribution >= 0.6 is 0 Å². The van der Waals surface area contributed by atoms with Crippen molar-refractivity contribution in [3.63, 3.8) is 0 Å². The highest BCUT2D eigenvalue weighted by Crippen LogP contribution is 2.10. The number of esters is 2. The van der Waals surface area contributed by atoms with Crippen molar-refractivity contribution < 1.29 is 28.5 Å². The van der Waals surface area contributed by atoms with E-state index in [1.807, 2.05) is 13.8 Å². The smallest absolute Gasteiger partial charge is 0.306 e. The van der Waals surface area contributed by atoms with Crippen LogP contribution in [0.25, 0.3) is 0 Å². The Kier molecular flexibility index (Phi) is 19.4. The van der Waals surface area contributed by atoms with Gasteiger partial charge in [-0.1, -0.05) is 46.0 Å². The summed E-state index contributed by atoms with van der Waals surface area (Å²) in [5.74, 6) is -0.314. The summed E-state index contributed by atoms with van der Waals surface area (Å²) in [7, 11) is 0. The molecule has 0 saturated carbocycles. The van der Waals surface area contributed by atoms with E-state index in [2.05, 4.69) is 13.8 Å². The summed E-state index contributed by atoms with van der Waals surface area (Å²) in [5.41, 5.74) is 0. The van der Waals surface area contributed by atoms with Gasteiger partial charge < -0.3 is 18.9 Å². The maximum atomic E-state index is 11.8. The summed E-state index contributed by atoms with van der Waals surface area (Å²) < 4.78 is 21.6. The maximum absolute atomic E-state index is 11.8. The van der Waals surface area contributed by atoms with Gasteiger partial charge in [0.15, 0.2) is 0 Å². The minimum absolute atomic E-state index is 0.157. The van der Waals surface area contributed by atoms with Crippen molar-refractivity contribution in [3.05, 3.63) is 0 Å². The molecule has 0 saturated heterocycles. The molecule has 6 heteroatoms. The predicted molar refractivity (Wildman–Crippen MR) is 115 cm³/mol. The Morgan fingerprint density at radius 1 is 0.621 bits per heavy atom. The second kappa shape index (κ2) is 20.1. The van der Waals surface area contributed by atoms with E-state index in [0.29, 0.717) is 26.1 Å². The Morgan fingerprint density at radius 2 is 1.00 bits per heavy atom. The van der Waals surface area contributed by atoms with Crippen molar-refractivity contribution in [2.75, 3.05) is 26.4 Å². The van der Waals surface area contributed by atoms with Crippen LogP contribution in [0.15, 0.2) is 0 Å². The van der Waals surface area contributed by atoms with E-state index in [0.717, 1.165) is 71.0 Å². The lowest BCUT2D eigenvalue weighted by atomic mass is 10.1. The van der Waals surface area contributed by atoms with Crippen LogP contribution in [0.4, 0.5) is 0 Å². The minimum Gasteiger partial charge on any atom is -0.460 e. The van der Waals surface area contributed by atoms with E-state index >= 15 is 0 Å². The van der Waals surface area contributed by atoms with Gasteiger partial charge in [-0.3, -0.25) is 9.59 Å². The molecular weight excluding hydrogens is 372 g/mol. The van der Waals surface area contributed by atoms with Crippen molar-refractivity contribution in [1.82, 2.24) is 0 Å². The maximum Gasteiger partial charge on any atom is 0.306 e. The quantitative estimate of drug-likeness (QED) is 0.200. The summed E-state index contributed by atoms with van der Waals surface area (Å²) in [6.07, 6.45) is 9.34. The van der Waals surface area contributed by atoms with E-state index in [4.69, 9.17) is 18.9 Å². The van der Waals surface area contributed by atoms with E-state index in [9.17, 15) is 9.59 Å². The van der Waals surface area contributed by atoms with Gasteiger partial charge in [-0.05, 0) is 39.5 Å². The molecule has 172 valence electrons. The van der Waals surface area contributed by atoms with E-state index in [-0.39, 0.29) is 24.1 Å². The SMILES string of the molecule is CCCCOCC(C)OC(=O)CCCCCCCC(=O)OC(C)COCCCC. The van der Waals surface area contributed by atoms with Crippen LogP contribution in [0.3, 0.4) is 0 Å². The molecule has 0 rings (SSSR count). The zero-order chi connectivity index (χ0) is 21.7. The molecule has 0 aliphatic heterocycles. The van der Waals surface area contributed by atoms with Gasteiger partial charge in [0.2, 0.25) is 0 Å². The molecule has 0 aromatic carbocycles. The average Bonchev–Trinajstić information content (AvgIpc) is 2.67. The zero-order valence-electron chi connectivity index (χ0n) is 19.2. The highest BCUT2D eigenvalue weighted by Gasteiger charge is 2.11. The molecule has 0 bridgehead atoms. The number of unbranched alkanes of at least 4 members (excludes halogenated alkanes) is 6. The van der Waals surface area contributed by atoms with Crippen molar-refractivity contribution in [2.24, 2.45) is 0 Å². The van der Waals surface area contributed by atoms with Gasteiger partial charge in [0.1, 0.15) is 12.2 Å². The number of carbonyl (C=O) groups excluding carboxylic acids is 2. The molecule has 0 radical (unpaired) electrons. The second-order valence-electron chi connectivity index (χ2n) is 7.73. The summed E-state index contributed by atoms with van der Waals surface area (Å²) in [4.78, 5) is 23.6. The number of hydrogen-bond acceptors (Lipinski definition) is 6. The van der Waals surface area contributed by atoms with E-state index in [1.54, 1.807) is 0 Å². The van der Waals surface area contributed by atoms with Crippen LogP contribution < -0.4 is 0 Å². The molecule has 0 heterocycles. The minimum atomic E-state index is -0.190. The summed E-state index contributed by atoms with van der Waals surface area (Å²) >= 11 is 0. The van der Waals surface area contributed by atoms with Gasteiger partial charge in [0, 0.05) is 26.1 Å². The highest BCUT2D eigenvalue weighted by atomic mass is 16.6. The molecule has 0 aliphatic carbocycles. The molecule has 2 atom stereocenters. The van der Waals surface area contributed by atoms with Gasteiger partial charge in [-0.2, -0.15) is 0 Å². The molecule has 0 amide bonds. The van der Waals surface area contributed by atoms with Crippen molar-refractivity contribution in [1.29, 1.82) is 0 Å². The Morgan fingerprint density at radius 3 is 1.38 bits per heavy atom. The van der Waals surface area contributed by atoms with Gasteiger partial charge in [0.25, 0.3) is 0 Å². The first kappa shape index (κ1) is 27.9.